The smallest absolute Gasteiger partial charge is 0.264 e. The summed E-state index contributed by atoms with van der Waals surface area (Å²) in [5.74, 6) is 1.43. The second kappa shape index (κ2) is 5.36. The maximum atomic E-state index is 12.6. The largest absolute Gasteiger partial charge is 0.337 e. The summed E-state index contributed by atoms with van der Waals surface area (Å²) in [5.41, 5.74) is 1.07. The molecule has 0 bridgehead atoms. The molecule has 6 heteroatoms. The summed E-state index contributed by atoms with van der Waals surface area (Å²) in [4.78, 5) is 15.4. The molecule has 0 aliphatic carbocycles. The van der Waals surface area contributed by atoms with Gasteiger partial charge < -0.3 is 9.47 Å². The highest BCUT2D eigenvalue weighted by Crippen LogP contribution is 2.27. The number of carbonyl (C=O) groups is 1. The Kier molecular flexibility index (Phi) is 3.56. The van der Waals surface area contributed by atoms with Crippen molar-refractivity contribution >= 4 is 17.2 Å². The van der Waals surface area contributed by atoms with Gasteiger partial charge in [0.1, 0.15) is 12.2 Å². The number of aromatic nitrogens is 3. The van der Waals surface area contributed by atoms with Gasteiger partial charge >= 0.3 is 0 Å². The second-order valence-corrected chi connectivity index (χ2v) is 6.24. The minimum atomic E-state index is 0.157. The van der Waals surface area contributed by atoms with Crippen LogP contribution < -0.4 is 0 Å². The Morgan fingerprint density at radius 1 is 1.50 bits per heavy atom. The topological polar surface area (TPSA) is 51.0 Å². The summed E-state index contributed by atoms with van der Waals surface area (Å²) in [5, 5.41) is 10.1. The summed E-state index contributed by atoms with van der Waals surface area (Å²) in [7, 11) is 1.96. The molecule has 2 aromatic rings. The molecular weight excluding hydrogens is 272 g/mol. The van der Waals surface area contributed by atoms with Crippen LogP contribution in [0.25, 0.3) is 0 Å². The van der Waals surface area contributed by atoms with Crippen LogP contribution in [0.15, 0.2) is 17.8 Å². The third kappa shape index (κ3) is 2.35. The first kappa shape index (κ1) is 13.3. The molecule has 1 aliphatic rings. The third-order valence-corrected chi connectivity index (χ3v) is 4.88. The maximum Gasteiger partial charge on any atom is 0.264 e. The molecule has 2 aromatic heterocycles. The van der Waals surface area contributed by atoms with Gasteiger partial charge in [0.2, 0.25) is 0 Å². The number of rotatable bonds is 2. The number of hydrogen-bond acceptors (Lipinski definition) is 4. The summed E-state index contributed by atoms with van der Waals surface area (Å²) in [6.07, 6.45) is 3.81. The van der Waals surface area contributed by atoms with Crippen LogP contribution in [0.4, 0.5) is 0 Å². The van der Waals surface area contributed by atoms with Gasteiger partial charge in [0, 0.05) is 26.1 Å². The van der Waals surface area contributed by atoms with Crippen molar-refractivity contribution in [2.45, 2.75) is 25.7 Å². The average Bonchev–Trinajstić information content (AvgIpc) is 3.07. The molecule has 106 valence electrons. The van der Waals surface area contributed by atoms with Gasteiger partial charge in [-0.1, -0.05) is 0 Å². The first-order valence-corrected chi connectivity index (χ1v) is 7.72. The zero-order chi connectivity index (χ0) is 14.1. The SMILES string of the molecule is Cc1ccsc1C(=O)N1CCCC(c2nncn2C)C1. The number of piperidine rings is 1. The molecule has 5 nitrogen and oxygen atoms in total. The highest BCUT2D eigenvalue weighted by atomic mass is 32.1. The Morgan fingerprint density at radius 2 is 2.35 bits per heavy atom. The molecule has 0 saturated carbocycles. The molecule has 3 rings (SSSR count). The lowest BCUT2D eigenvalue weighted by Crippen LogP contribution is -2.39. The fraction of sp³-hybridized carbons (Fsp3) is 0.500. The molecule has 1 atom stereocenters. The number of likely N-dealkylation sites (tertiary alicyclic amines) is 1. The Hall–Kier alpha value is -1.69. The van der Waals surface area contributed by atoms with Crippen LogP contribution in [0.1, 0.15) is 39.8 Å². The van der Waals surface area contributed by atoms with E-state index in [2.05, 4.69) is 10.2 Å². The van der Waals surface area contributed by atoms with Gasteiger partial charge in [-0.05, 0) is 36.8 Å². The number of aryl methyl sites for hydroxylation is 2. The van der Waals surface area contributed by atoms with Crippen LogP contribution in [0, 0.1) is 6.92 Å². The van der Waals surface area contributed by atoms with E-state index in [9.17, 15) is 4.79 Å². The lowest BCUT2D eigenvalue weighted by atomic mass is 9.97. The molecular formula is C14H18N4OS. The van der Waals surface area contributed by atoms with Crippen LogP contribution in [0.3, 0.4) is 0 Å². The molecule has 1 saturated heterocycles. The molecule has 1 amide bonds. The zero-order valence-corrected chi connectivity index (χ0v) is 12.6. The van der Waals surface area contributed by atoms with Gasteiger partial charge in [-0.3, -0.25) is 4.79 Å². The van der Waals surface area contributed by atoms with Crippen LogP contribution in [0.5, 0.6) is 0 Å². The number of nitrogens with zero attached hydrogens (tertiary/aromatic N) is 4. The maximum absolute atomic E-state index is 12.6. The van der Waals surface area contributed by atoms with Gasteiger partial charge in [-0.2, -0.15) is 0 Å². The first-order chi connectivity index (χ1) is 9.66. The number of amides is 1. The summed E-state index contributed by atoms with van der Waals surface area (Å²) >= 11 is 1.53. The normalized spacial score (nSPS) is 19.3. The predicted octanol–water partition coefficient (Wildman–Crippen LogP) is 2.20. The minimum absolute atomic E-state index is 0.157. The Bertz CT molecular complexity index is 618. The first-order valence-electron chi connectivity index (χ1n) is 6.84. The van der Waals surface area contributed by atoms with Crippen molar-refractivity contribution in [3.8, 4) is 0 Å². The molecule has 0 spiro atoms. The quantitative estimate of drug-likeness (QED) is 0.852. The predicted molar refractivity (Wildman–Crippen MR) is 77.9 cm³/mol. The Morgan fingerprint density at radius 3 is 3.00 bits per heavy atom. The van der Waals surface area contributed by atoms with Crippen molar-refractivity contribution < 1.29 is 4.79 Å². The summed E-state index contributed by atoms with van der Waals surface area (Å²) in [6.45, 7) is 3.57. The molecule has 0 N–H and O–H groups in total. The van der Waals surface area contributed by atoms with Gasteiger partial charge in [0.15, 0.2) is 0 Å². The molecule has 20 heavy (non-hydrogen) atoms. The lowest BCUT2D eigenvalue weighted by molar-refractivity contribution is 0.0707. The van der Waals surface area contributed by atoms with Crippen LogP contribution >= 0.6 is 11.3 Å². The number of hydrogen-bond donors (Lipinski definition) is 0. The molecule has 3 heterocycles. The molecule has 0 radical (unpaired) electrons. The molecule has 1 unspecified atom stereocenters. The van der Waals surface area contributed by atoms with E-state index in [1.54, 1.807) is 6.33 Å². The van der Waals surface area contributed by atoms with Crippen LogP contribution in [-0.4, -0.2) is 38.7 Å². The Balaban J connectivity index is 1.77. The fourth-order valence-corrected chi connectivity index (χ4v) is 3.66. The number of thiophene rings is 1. The molecule has 0 aromatic carbocycles. The van der Waals surface area contributed by atoms with Gasteiger partial charge in [0.05, 0.1) is 4.88 Å². The van der Waals surface area contributed by atoms with Gasteiger partial charge in [-0.15, -0.1) is 21.5 Å². The highest BCUT2D eigenvalue weighted by Gasteiger charge is 2.28. The number of carbonyl (C=O) groups excluding carboxylic acids is 1. The van der Waals surface area contributed by atoms with Crippen LogP contribution in [0.2, 0.25) is 0 Å². The van der Waals surface area contributed by atoms with Crippen LogP contribution in [-0.2, 0) is 7.05 Å². The van der Waals surface area contributed by atoms with E-state index < -0.39 is 0 Å². The van der Waals surface area contributed by atoms with Crippen molar-refractivity contribution in [3.05, 3.63) is 34.0 Å². The van der Waals surface area contributed by atoms with E-state index in [-0.39, 0.29) is 5.91 Å². The van der Waals surface area contributed by atoms with E-state index in [1.165, 1.54) is 11.3 Å². The van der Waals surface area contributed by atoms with E-state index in [0.717, 1.165) is 42.2 Å². The Labute approximate surface area is 122 Å². The van der Waals surface area contributed by atoms with E-state index >= 15 is 0 Å². The summed E-state index contributed by atoms with van der Waals surface area (Å²) < 4.78 is 1.95. The minimum Gasteiger partial charge on any atom is -0.337 e. The van der Waals surface area contributed by atoms with Gasteiger partial charge in [0.25, 0.3) is 5.91 Å². The highest BCUT2D eigenvalue weighted by molar-refractivity contribution is 7.12. The zero-order valence-electron chi connectivity index (χ0n) is 11.7. The van der Waals surface area contributed by atoms with E-state index in [1.807, 2.05) is 34.9 Å². The molecule has 1 fully saturated rings. The van der Waals surface area contributed by atoms with E-state index in [0.29, 0.717) is 5.92 Å². The fourth-order valence-electron chi connectivity index (χ4n) is 2.77. The van der Waals surface area contributed by atoms with Crippen molar-refractivity contribution in [3.63, 3.8) is 0 Å². The average molecular weight is 290 g/mol. The van der Waals surface area contributed by atoms with E-state index in [4.69, 9.17) is 0 Å². The monoisotopic (exact) mass is 290 g/mol. The second-order valence-electron chi connectivity index (χ2n) is 5.32. The summed E-state index contributed by atoms with van der Waals surface area (Å²) in [6, 6.07) is 2.00. The van der Waals surface area contributed by atoms with Crippen molar-refractivity contribution in [1.82, 2.24) is 19.7 Å². The van der Waals surface area contributed by atoms with Crippen molar-refractivity contribution in [2.75, 3.05) is 13.1 Å². The lowest BCUT2D eigenvalue weighted by Gasteiger charge is -2.32. The van der Waals surface area contributed by atoms with Crippen molar-refractivity contribution in [1.29, 1.82) is 0 Å². The third-order valence-electron chi connectivity index (χ3n) is 3.88. The van der Waals surface area contributed by atoms with Crippen molar-refractivity contribution in [2.24, 2.45) is 7.05 Å². The van der Waals surface area contributed by atoms with Gasteiger partial charge in [-0.25, -0.2) is 0 Å². The molecule has 1 aliphatic heterocycles. The standard InChI is InChI=1S/C14H18N4OS/c1-10-5-7-20-12(10)14(19)18-6-3-4-11(8-18)13-16-15-9-17(13)2/h5,7,9,11H,3-4,6,8H2,1-2H3.